The molecule has 0 atom stereocenters. The van der Waals surface area contributed by atoms with Crippen molar-refractivity contribution in [2.75, 3.05) is 36.8 Å². The van der Waals surface area contributed by atoms with Crippen LogP contribution < -0.4 is 10.6 Å². The molecule has 2 aromatic rings. The number of nitrogens with one attached hydrogen (secondary N) is 2. The van der Waals surface area contributed by atoms with Gasteiger partial charge in [0.25, 0.3) is 5.91 Å². The molecule has 1 saturated heterocycles. The first kappa shape index (κ1) is 20.0. The van der Waals surface area contributed by atoms with E-state index < -0.39 is 0 Å². The number of carbonyl (C=O) groups is 2. The Hall–Kier alpha value is -3.79. The summed E-state index contributed by atoms with van der Waals surface area (Å²) >= 11 is 0. The second-order valence-corrected chi connectivity index (χ2v) is 6.68. The highest BCUT2D eigenvalue weighted by Gasteiger charge is 2.24. The molecule has 1 heterocycles. The van der Waals surface area contributed by atoms with Gasteiger partial charge >= 0.3 is 0 Å². The molecule has 0 bridgehead atoms. The van der Waals surface area contributed by atoms with E-state index in [2.05, 4.69) is 10.6 Å². The minimum absolute atomic E-state index is 0.0000142. The monoisotopic (exact) mass is 389 g/mol. The van der Waals surface area contributed by atoms with Crippen LogP contribution in [0.4, 0.5) is 17.1 Å². The van der Waals surface area contributed by atoms with Gasteiger partial charge in [-0.2, -0.15) is 5.26 Å². The number of amides is 2. The van der Waals surface area contributed by atoms with Crippen molar-refractivity contribution in [3.8, 4) is 6.07 Å². The van der Waals surface area contributed by atoms with Crippen LogP contribution in [0.2, 0.25) is 0 Å². The minimum Gasteiger partial charge on any atom is -0.360 e. The number of benzene rings is 2. The van der Waals surface area contributed by atoms with Gasteiger partial charge in [-0.1, -0.05) is 18.2 Å². The maximum absolute atomic E-state index is 12.6. The van der Waals surface area contributed by atoms with Crippen molar-refractivity contribution < 1.29 is 9.59 Å². The highest BCUT2D eigenvalue weighted by atomic mass is 16.2. The van der Waals surface area contributed by atoms with Crippen LogP contribution in [0.3, 0.4) is 0 Å². The zero-order chi connectivity index (χ0) is 20.6. The highest BCUT2D eigenvalue weighted by molar-refractivity contribution is 5.97. The molecule has 0 saturated carbocycles. The average molecular weight is 389 g/mol. The topological polar surface area (TPSA) is 88.5 Å². The summed E-state index contributed by atoms with van der Waals surface area (Å²) < 4.78 is 0. The zero-order valence-corrected chi connectivity index (χ0v) is 16.3. The molecule has 2 N–H and O–H groups in total. The second-order valence-electron chi connectivity index (χ2n) is 6.68. The summed E-state index contributed by atoms with van der Waals surface area (Å²) in [6, 6.07) is 19.4. The van der Waals surface area contributed by atoms with Crippen LogP contribution in [-0.2, 0) is 9.59 Å². The van der Waals surface area contributed by atoms with E-state index in [9.17, 15) is 14.9 Å². The normalized spacial score (nSPS) is 14.1. The van der Waals surface area contributed by atoms with Crippen LogP contribution in [0.15, 0.2) is 66.4 Å². The highest BCUT2D eigenvalue weighted by Crippen LogP contribution is 2.19. The predicted molar refractivity (Wildman–Crippen MR) is 112 cm³/mol. The van der Waals surface area contributed by atoms with Gasteiger partial charge in [0.05, 0.1) is 0 Å². The molecule has 2 aromatic carbocycles. The molecule has 7 nitrogen and oxygen atoms in total. The Morgan fingerprint density at radius 3 is 2.03 bits per heavy atom. The SMILES string of the molecule is CC(=O)N1CCN(C(=O)/C(C#N)=C\Nc2ccc(Nc3ccccc3)cc2)CC1. The standard InChI is InChI=1S/C22H23N5O2/c1-17(28)26-11-13-27(14-12-26)22(29)18(15-23)16-24-19-7-9-21(10-8-19)25-20-5-3-2-4-6-20/h2-10,16,24-25H,11-14H2,1H3/b18-16-. The van der Waals surface area contributed by atoms with E-state index in [1.807, 2.05) is 60.7 Å². The Balaban J connectivity index is 1.58. The van der Waals surface area contributed by atoms with Crippen molar-refractivity contribution in [1.82, 2.24) is 9.80 Å². The number of hydrogen-bond acceptors (Lipinski definition) is 5. The van der Waals surface area contributed by atoms with Crippen molar-refractivity contribution in [2.45, 2.75) is 6.92 Å². The lowest BCUT2D eigenvalue weighted by atomic mass is 10.2. The lowest BCUT2D eigenvalue weighted by Crippen LogP contribution is -2.50. The van der Waals surface area contributed by atoms with Gasteiger partial charge in [0.2, 0.25) is 5.91 Å². The van der Waals surface area contributed by atoms with Crippen LogP contribution in [0.1, 0.15) is 6.92 Å². The molecule has 1 aliphatic heterocycles. The predicted octanol–water partition coefficient (Wildman–Crippen LogP) is 2.94. The zero-order valence-electron chi connectivity index (χ0n) is 16.3. The van der Waals surface area contributed by atoms with Crippen molar-refractivity contribution in [1.29, 1.82) is 5.26 Å². The number of para-hydroxylation sites is 1. The third-order valence-electron chi connectivity index (χ3n) is 4.69. The van der Waals surface area contributed by atoms with Crippen molar-refractivity contribution >= 4 is 28.9 Å². The molecular weight excluding hydrogens is 366 g/mol. The molecule has 0 aromatic heterocycles. The molecule has 0 unspecified atom stereocenters. The molecule has 0 aliphatic carbocycles. The minimum atomic E-state index is -0.328. The summed E-state index contributed by atoms with van der Waals surface area (Å²) in [5.74, 6) is -0.328. The number of anilines is 3. The molecule has 3 rings (SSSR count). The van der Waals surface area contributed by atoms with E-state index in [4.69, 9.17) is 0 Å². The van der Waals surface area contributed by atoms with Crippen LogP contribution >= 0.6 is 0 Å². The summed E-state index contributed by atoms with van der Waals surface area (Å²) in [5.41, 5.74) is 2.74. The van der Waals surface area contributed by atoms with Gasteiger partial charge < -0.3 is 20.4 Å². The van der Waals surface area contributed by atoms with Crippen LogP contribution in [0, 0.1) is 11.3 Å². The van der Waals surface area contributed by atoms with Crippen molar-refractivity contribution in [3.05, 3.63) is 66.4 Å². The second kappa shape index (κ2) is 9.42. The lowest BCUT2D eigenvalue weighted by Gasteiger charge is -2.34. The summed E-state index contributed by atoms with van der Waals surface area (Å²) in [6.45, 7) is 3.35. The summed E-state index contributed by atoms with van der Waals surface area (Å²) in [5, 5.41) is 15.7. The van der Waals surface area contributed by atoms with Crippen LogP contribution in [0.5, 0.6) is 0 Å². The molecule has 2 amide bonds. The third-order valence-corrected chi connectivity index (χ3v) is 4.69. The molecule has 0 spiro atoms. The fourth-order valence-electron chi connectivity index (χ4n) is 3.03. The number of piperazine rings is 1. The number of rotatable bonds is 5. The lowest BCUT2D eigenvalue weighted by molar-refractivity contribution is -0.136. The molecule has 148 valence electrons. The maximum atomic E-state index is 12.6. The fraction of sp³-hybridized carbons (Fsp3) is 0.227. The van der Waals surface area contributed by atoms with Gasteiger partial charge in [0.15, 0.2) is 0 Å². The number of nitriles is 1. The van der Waals surface area contributed by atoms with Crippen molar-refractivity contribution in [2.24, 2.45) is 0 Å². The largest absolute Gasteiger partial charge is 0.360 e. The first-order valence-electron chi connectivity index (χ1n) is 9.40. The molecule has 29 heavy (non-hydrogen) atoms. The van der Waals surface area contributed by atoms with Crippen LogP contribution in [0.25, 0.3) is 0 Å². The number of nitrogens with zero attached hydrogens (tertiary/aromatic N) is 3. The summed E-state index contributed by atoms with van der Waals surface area (Å²) in [4.78, 5) is 27.3. The van der Waals surface area contributed by atoms with E-state index in [0.29, 0.717) is 26.2 Å². The first-order chi connectivity index (χ1) is 14.1. The van der Waals surface area contributed by atoms with E-state index >= 15 is 0 Å². The third kappa shape index (κ3) is 5.36. The maximum Gasteiger partial charge on any atom is 0.266 e. The van der Waals surface area contributed by atoms with Crippen LogP contribution in [-0.4, -0.2) is 47.8 Å². The van der Waals surface area contributed by atoms with E-state index in [0.717, 1.165) is 17.1 Å². The fourth-order valence-corrected chi connectivity index (χ4v) is 3.03. The van der Waals surface area contributed by atoms with Gasteiger partial charge in [-0.25, -0.2) is 0 Å². The average Bonchev–Trinajstić information content (AvgIpc) is 2.76. The molecule has 1 aliphatic rings. The Kier molecular flexibility index (Phi) is 6.48. The van der Waals surface area contributed by atoms with E-state index in [1.54, 1.807) is 9.80 Å². The molecular formula is C22H23N5O2. The molecule has 1 fully saturated rings. The quantitative estimate of drug-likeness (QED) is 0.606. The molecule has 7 heteroatoms. The van der Waals surface area contributed by atoms with Gasteiger partial charge in [0.1, 0.15) is 11.6 Å². The Labute approximate surface area is 170 Å². The van der Waals surface area contributed by atoms with Gasteiger partial charge in [-0.05, 0) is 36.4 Å². The molecule has 0 radical (unpaired) electrons. The summed E-state index contributed by atoms with van der Waals surface area (Å²) in [6.07, 6.45) is 1.43. The first-order valence-corrected chi connectivity index (χ1v) is 9.40. The summed E-state index contributed by atoms with van der Waals surface area (Å²) in [7, 11) is 0. The van der Waals surface area contributed by atoms with E-state index in [-0.39, 0.29) is 17.4 Å². The smallest absolute Gasteiger partial charge is 0.266 e. The van der Waals surface area contributed by atoms with Crippen molar-refractivity contribution in [3.63, 3.8) is 0 Å². The number of carbonyl (C=O) groups excluding carboxylic acids is 2. The number of hydrogen-bond donors (Lipinski definition) is 2. The van der Waals surface area contributed by atoms with Gasteiger partial charge in [-0.3, -0.25) is 9.59 Å². The van der Waals surface area contributed by atoms with E-state index in [1.165, 1.54) is 13.1 Å². The Morgan fingerprint density at radius 2 is 1.45 bits per heavy atom. The van der Waals surface area contributed by atoms with Gasteiger partial charge in [0, 0.05) is 56.4 Å². The Bertz CT molecular complexity index is 924. The Morgan fingerprint density at radius 1 is 0.897 bits per heavy atom. The van der Waals surface area contributed by atoms with Gasteiger partial charge in [-0.15, -0.1) is 0 Å².